The summed E-state index contributed by atoms with van der Waals surface area (Å²) in [6.07, 6.45) is 0. The van der Waals surface area contributed by atoms with Crippen molar-refractivity contribution in [1.82, 2.24) is 0 Å². The van der Waals surface area contributed by atoms with Gasteiger partial charge in [0.15, 0.2) is 0 Å². The number of rotatable bonds is 6. The lowest BCUT2D eigenvalue weighted by molar-refractivity contribution is 0.488. The molecule has 0 saturated carbocycles. The van der Waals surface area contributed by atoms with E-state index in [1.54, 1.807) is 0 Å². The third kappa shape index (κ3) is 5.81. The molecule has 0 saturated heterocycles. The van der Waals surface area contributed by atoms with Gasteiger partial charge in [-0.3, -0.25) is 0 Å². The van der Waals surface area contributed by atoms with Gasteiger partial charge in [0, 0.05) is 28.2 Å². The van der Waals surface area contributed by atoms with Crippen molar-refractivity contribution in [3.8, 4) is 67.1 Å². The molecular formula is C52H35NO. The van der Waals surface area contributed by atoms with Gasteiger partial charge in [-0.25, -0.2) is 0 Å². The lowest BCUT2D eigenvalue weighted by Crippen LogP contribution is -2.10. The standard InChI is InChI=1S/C52H35NO/c1-4-12-36(13-5-1)39-20-25-44(26-21-39)53(45-27-22-40(23-28-45)37-14-6-2-7-15-37)46-29-31-51-50(35-46)48-32-43(38-16-8-3-9-17-38)24-30-47(48)49-33-41-18-10-11-19-42(41)34-52(49)54-51/h1-35H. The first-order valence-corrected chi connectivity index (χ1v) is 18.4. The predicted octanol–water partition coefficient (Wildman–Crippen LogP) is 14.8. The van der Waals surface area contributed by atoms with E-state index < -0.39 is 0 Å². The molecule has 2 nitrogen and oxygen atoms in total. The van der Waals surface area contributed by atoms with Crippen LogP contribution in [0.5, 0.6) is 11.5 Å². The Bertz CT molecular complexity index is 2670. The Kier molecular flexibility index (Phi) is 7.85. The first-order valence-electron chi connectivity index (χ1n) is 18.4. The molecule has 10 rings (SSSR count). The van der Waals surface area contributed by atoms with Gasteiger partial charge in [0.05, 0.1) is 0 Å². The summed E-state index contributed by atoms with van der Waals surface area (Å²) < 4.78 is 6.90. The average molecular weight is 690 g/mol. The van der Waals surface area contributed by atoms with Crippen LogP contribution in [0.15, 0.2) is 212 Å². The fraction of sp³-hybridized carbons (Fsp3) is 0. The Morgan fingerprint density at radius 3 is 1.28 bits per heavy atom. The van der Waals surface area contributed by atoms with Gasteiger partial charge in [0.2, 0.25) is 0 Å². The SMILES string of the molecule is c1ccc(-c2ccc(N(c3ccc(-c4ccccc4)cc3)c3ccc4c(c3)-c3cc(-c5ccccc5)ccc3-c3cc5ccccc5cc3O4)cc2)cc1. The van der Waals surface area contributed by atoms with Crippen molar-refractivity contribution in [2.24, 2.45) is 0 Å². The molecule has 0 bridgehead atoms. The van der Waals surface area contributed by atoms with Gasteiger partial charge in [0.25, 0.3) is 0 Å². The van der Waals surface area contributed by atoms with Gasteiger partial charge >= 0.3 is 0 Å². The monoisotopic (exact) mass is 689 g/mol. The number of ether oxygens (including phenoxy) is 1. The largest absolute Gasteiger partial charge is 0.456 e. The van der Waals surface area contributed by atoms with Crippen molar-refractivity contribution < 1.29 is 4.74 Å². The molecule has 0 unspecified atom stereocenters. The number of fused-ring (bicyclic) bond motifs is 6. The van der Waals surface area contributed by atoms with Crippen molar-refractivity contribution in [2.45, 2.75) is 0 Å². The third-order valence-electron chi connectivity index (χ3n) is 10.5. The number of hydrogen-bond acceptors (Lipinski definition) is 2. The van der Waals surface area contributed by atoms with E-state index in [2.05, 4.69) is 217 Å². The van der Waals surface area contributed by atoms with Crippen LogP contribution in [0.2, 0.25) is 0 Å². The van der Waals surface area contributed by atoms with E-state index in [9.17, 15) is 0 Å². The zero-order valence-electron chi connectivity index (χ0n) is 29.6. The number of benzene rings is 9. The highest BCUT2D eigenvalue weighted by Gasteiger charge is 2.24. The zero-order chi connectivity index (χ0) is 35.8. The molecule has 0 aromatic heterocycles. The fourth-order valence-electron chi connectivity index (χ4n) is 7.72. The summed E-state index contributed by atoms with van der Waals surface area (Å²) in [6, 6.07) is 75.8. The fourth-order valence-corrected chi connectivity index (χ4v) is 7.72. The normalized spacial score (nSPS) is 11.5. The Morgan fingerprint density at radius 1 is 0.259 bits per heavy atom. The van der Waals surface area contributed by atoms with Crippen LogP contribution < -0.4 is 9.64 Å². The lowest BCUT2D eigenvalue weighted by atomic mass is 9.90. The first-order chi connectivity index (χ1) is 26.7. The summed E-state index contributed by atoms with van der Waals surface area (Å²) in [4.78, 5) is 2.34. The summed E-state index contributed by atoms with van der Waals surface area (Å²) in [5, 5.41) is 2.34. The highest BCUT2D eigenvalue weighted by Crippen LogP contribution is 2.51. The van der Waals surface area contributed by atoms with E-state index in [4.69, 9.17) is 4.74 Å². The van der Waals surface area contributed by atoms with Crippen LogP contribution in [0.25, 0.3) is 66.4 Å². The molecule has 1 aliphatic heterocycles. The van der Waals surface area contributed by atoms with Gasteiger partial charge in [-0.05, 0) is 116 Å². The molecule has 54 heavy (non-hydrogen) atoms. The maximum Gasteiger partial charge on any atom is 0.135 e. The van der Waals surface area contributed by atoms with Crippen molar-refractivity contribution in [3.05, 3.63) is 212 Å². The molecule has 254 valence electrons. The Hall–Kier alpha value is -7.16. The first kappa shape index (κ1) is 31.6. The molecule has 2 heteroatoms. The van der Waals surface area contributed by atoms with Gasteiger partial charge < -0.3 is 9.64 Å². The molecule has 1 aliphatic rings. The van der Waals surface area contributed by atoms with Crippen LogP contribution in [0.4, 0.5) is 17.1 Å². The van der Waals surface area contributed by atoms with Crippen molar-refractivity contribution >= 4 is 27.8 Å². The second kappa shape index (κ2) is 13.4. The van der Waals surface area contributed by atoms with Gasteiger partial charge in [-0.1, -0.05) is 152 Å². The quantitative estimate of drug-likeness (QED) is 0.172. The van der Waals surface area contributed by atoms with Crippen LogP contribution in [0.1, 0.15) is 0 Å². The predicted molar refractivity (Wildman–Crippen MR) is 226 cm³/mol. The van der Waals surface area contributed by atoms with E-state index >= 15 is 0 Å². The maximum atomic E-state index is 6.90. The molecule has 0 amide bonds. The van der Waals surface area contributed by atoms with Crippen molar-refractivity contribution in [2.75, 3.05) is 4.90 Å². The van der Waals surface area contributed by atoms with Crippen LogP contribution in [-0.2, 0) is 0 Å². The highest BCUT2D eigenvalue weighted by molar-refractivity contribution is 5.99. The second-order valence-corrected chi connectivity index (χ2v) is 13.8. The van der Waals surface area contributed by atoms with E-state index in [0.717, 1.165) is 56.2 Å². The molecule has 9 aromatic carbocycles. The number of hydrogen-bond donors (Lipinski definition) is 0. The second-order valence-electron chi connectivity index (χ2n) is 13.8. The smallest absolute Gasteiger partial charge is 0.135 e. The van der Waals surface area contributed by atoms with E-state index in [1.807, 2.05) is 0 Å². The molecule has 0 fully saturated rings. The van der Waals surface area contributed by atoms with E-state index in [0.29, 0.717) is 0 Å². The molecule has 9 aromatic rings. The van der Waals surface area contributed by atoms with Crippen LogP contribution in [0, 0.1) is 0 Å². The molecule has 0 radical (unpaired) electrons. The molecule has 0 spiro atoms. The molecular weight excluding hydrogens is 655 g/mol. The Morgan fingerprint density at radius 2 is 0.704 bits per heavy atom. The Labute approximate surface area is 315 Å². The van der Waals surface area contributed by atoms with Gasteiger partial charge in [-0.2, -0.15) is 0 Å². The summed E-state index contributed by atoms with van der Waals surface area (Å²) in [5.74, 6) is 1.69. The highest BCUT2D eigenvalue weighted by atomic mass is 16.5. The van der Waals surface area contributed by atoms with Crippen LogP contribution >= 0.6 is 0 Å². The van der Waals surface area contributed by atoms with Gasteiger partial charge in [-0.15, -0.1) is 0 Å². The molecule has 0 atom stereocenters. The minimum atomic E-state index is 0.832. The van der Waals surface area contributed by atoms with E-state index in [1.165, 1.54) is 38.8 Å². The van der Waals surface area contributed by atoms with Crippen molar-refractivity contribution in [3.63, 3.8) is 0 Å². The minimum absolute atomic E-state index is 0.832. The number of nitrogens with zero attached hydrogens (tertiary/aromatic N) is 1. The zero-order valence-corrected chi connectivity index (χ0v) is 29.6. The third-order valence-corrected chi connectivity index (χ3v) is 10.5. The summed E-state index contributed by atoms with van der Waals surface area (Å²) >= 11 is 0. The maximum absolute atomic E-state index is 6.90. The lowest BCUT2D eigenvalue weighted by Gasteiger charge is -2.27. The topological polar surface area (TPSA) is 12.5 Å². The Balaban J connectivity index is 1.15. The summed E-state index contributed by atoms with van der Waals surface area (Å²) in [6.45, 7) is 0. The van der Waals surface area contributed by atoms with E-state index in [-0.39, 0.29) is 0 Å². The summed E-state index contributed by atoms with van der Waals surface area (Å²) in [7, 11) is 0. The minimum Gasteiger partial charge on any atom is -0.456 e. The van der Waals surface area contributed by atoms with Gasteiger partial charge in [0.1, 0.15) is 11.5 Å². The molecule has 1 heterocycles. The molecule has 0 N–H and O–H groups in total. The number of anilines is 3. The van der Waals surface area contributed by atoms with Crippen molar-refractivity contribution in [1.29, 1.82) is 0 Å². The summed E-state index contributed by atoms with van der Waals surface area (Å²) in [5.41, 5.74) is 14.7. The van der Waals surface area contributed by atoms with Crippen LogP contribution in [-0.4, -0.2) is 0 Å². The average Bonchev–Trinajstić information content (AvgIpc) is 3.38. The molecule has 0 aliphatic carbocycles. The van der Waals surface area contributed by atoms with Crippen LogP contribution in [0.3, 0.4) is 0 Å².